The van der Waals surface area contributed by atoms with Crippen molar-refractivity contribution >= 4 is 17.9 Å². The number of rotatable bonds is 63. The van der Waals surface area contributed by atoms with Crippen molar-refractivity contribution in [2.45, 2.75) is 374 Å². The first kappa shape index (κ1) is 74.4. The Labute approximate surface area is 479 Å². The van der Waals surface area contributed by atoms with Crippen LogP contribution in [0, 0.1) is 0 Å². The van der Waals surface area contributed by atoms with Crippen molar-refractivity contribution < 1.29 is 28.6 Å². The molecule has 0 spiro atoms. The van der Waals surface area contributed by atoms with Gasteiger partial charge in [-0.05, 0) is 83.5 Å². The van der Waals surface area contributed by atoms with Gasteiger partial charge < -0.3 is 14.2 Å². The molecule has 0 N–H and O–H groups in total. The predicted octanol–water partition coefficient (Wildman–Crippen LogP) is 23.3. The largest absolute Gasteiger partial charge is 0.462 e. The van der Waals surface area contributed by atoms with Gasteiger partial charge in [0.2, 0.25) is 0 Å². The molecule has 6 heteroatoms. The summed E-state index contributed by atoms with van der Waals surface area (Å²) in [4.78, 5) is 38.4. The number of esters is 3. The molecule has 0 saturated carbocycles. The van der Waals surface area contributed by atoms with Crippen molar-refractivity contribution in [2.75, 3.05) is 13.2 Å². The molecule has 0 aliphatic heterocycles. The van der Waals surface area contributed by atoms with E-state index in [1.807, 2.05) is 0 Å². The van der Waals surface area contributed by atoms with Crippen molar-refractivity contribution in [3.05, 3.63) is 48.6 Å². The summed E-state index contributed by atoms with van der Waals surface area (Å²) in [5.41, 5.74) is 0. The monoisotopic (exact) mass is 1080 g/mol. The van der Waals surface area contributed by atoms with Crippen LogP contribution in [0.3, 0.4) is 0 Å². The highest BCUT2D eigenvalue weighted by molar-refractivity contribution is 5.71. The second-order valence-corrected chi connectivity index (χ2v) is 23.1. The molecule has 0 aliphatic carbocycles. The standard InChI is InChI=1S/C71H130O6/c1-4-7-10-13-16-19-22-25-28-31-33-34-35-36-37-38-39-41-43-46-49-52-55-58-61-64-70(73)76-67-68(66-75-69(72)63-60-57-54-51-48-45-42-30-27-24-21-18-15-12-9-6-3)77-71(74)65-62-59-56-53-50-47-44-40-32-29-26-23-20-17-14-11-8-5-2/h21-22,24-25,30-31,33,42,68H,4-20,23,26-29,32,34-41,43-67H2,1-3H3/b24-21-,25-22-,33-31-,42-30-. The van der Waals surface area contributed by atoms with Gasteiger partial charge in [-0.3, -0.25) is 14.4 Å². The fourth-order valence-corrected chi connectivity index (χ4v) is 10.2. The Bertz CT molecular complexity index is 1330. The normalized spacial score (nSPS) is 12.3. The van der Waals surface area contributed by atoms with Crippen LogP contribution in [0.4, 0.5) is 0 Å². The lowest BCUT2D eigenvalue weighted by Crippen LogP contribution is -2.30. The first-order chi connectivity index (χ1) is 38.0. The summed E-state index contributed by atoms with van der Waals surface area (Å²) in [6.45, 7) is 6.66. The molecule has 1 atom stereocenters. The van der Waals surface area contributed by atoms with E-state index in [9.17, 15) is 14.4 Å². The summed E-state index contributed by atoms with van der Waals surface area (Å²) in [7, 11) is 0. The average Bonchev–Trinajstić information content (AvgIpc) is 3.43. The minimum absolute atomic E-state index is 0.0739. The third kappa shape index (κ3) is 64.1. The maximum atomic E-state index is 12.9. The summed E-state index contributed by atoms with van der Waals surface area (Å²) in [6.07, 6.45) is 82.7. The van der Waals surface area contributed by atoms with E-state index in [0.717, 1.165) is 83.5 Å². The molecule has 0 saturated heterocycles. The Morgan fingerprint density at radius 3 is 0.727 bits per heavy atom. The van der Waals surface area contributed by atoms with Gasteiger partial charge >= 0.3 is 17.9 Å². The molecule has 0 aromatic rings. The lowest BCUT2D eigenvalue weighted by Gasteiger charge is -2.18. The molecule has 6 nitrogen and oxygen atoms in total. The van der Waals surface area contributed by atoms with Crippen molar-refractivity contribution in [1.82, 2.24) is 0 Å². The molecule has 1 unspecified atom stereocenters. The number of unbranched alkanes of at least 4 members (excludes halogenated alkanes) is 44. The summed E-state index contributed by atoms with van der Waals surface area (Å²) in [5.74, 6) is -0.863. The van der Waals surface area contributed by atoms with Crippen LogP contribution in [-0.2, 0) is 28.6 Å². The molecule has 0 aliphatic rings. The van der Waals surface area contributed by atoms with E-state index in [-0.39, 0.29) is 31.1 Å². The zero-order chi connectivity index (χ0) is 55.7. The summed E-state index contributed by atoms with van der Waals surface area (Å²) in [5, 5.41) is 0. The number of hydrogen-bond donors (Lipinski definition) is 0. The van der Waals surface area contributed by atoms with Crippen LogP contribution in [0.2, 0.25) is 0 Å². The van der Waals surface area contributed by atoms with Crippen LogP contribution in [0.5, 0.6) is 0 Å². The number of ether oxygens (including phenoxy) is 3. The Kier molecular flexibility index (Phi) is 63.6. The Hall–Kier alpha value is -2.63. The summed E-state index contributed by atoms with van der Waals surface area (Å²) >= 11 is 0. The van der Waals surface area contributed by atoms with Gasteiger partial charge in [0.05, 0.1) is 0 Å². The van der Waals surface area contributed by atoms with Gasteiger partial charge in [0, 0.05) is 19.3 Å². The average molecular weight is 1080 g/mol. The lowest BCUT2D eigenvalue weighted by molar-refractivity contribution is -0.167. The number of allylic oxidation sites excluding steroid dienone is 8. The molecule has 450 valence electrons. The third-order valence-corrected chi connectivity index (χ3v) is 15.3. The highest BCUT2D eigenvalue weighted by Crippen LogP contribution is 2.18. The predicted molar refractivity (Wildman–Crippen MR) is 335 cm³/mol. The minimum Gasteiger partial charge on any atom is -0.462 e. The van der Waals surface area contributed by atoms with Crippen LogP contribution < -0.4 is 0 Å². The minimum atomic E-state index is -0.778. The van der Waals surface area contributed by atoms with Crippen molar-refractivity contribution in [3.8, 4) is 0 Å². The van der Waals surface area contributed by atoms with Gasteiger partial charge in [-0.15, -0.1) is 0 Å². The molecule has 0 radical (unpaired) electrons. The summed E-state index contributed by atoms with van der Waals surface area (Å²) < 4.78 is 17.0. The molecule has 0 rings (SSSR count). The quantitative estimate of drug-likeness (QED) is 0.0261. The highest BCUT2D eigenvalue weighted by atomic mass is 16.6. The van der Waals surface area contributed by atoms with E-state index in [4.69, 9.17) is 14.2 Å². The molecule has 0 heterocycles. The van der Waals surface area contributed by atoms with Gasteiger partial charge in [-0.25, -0.2) is 0 Å². The smallest absolute Gasteiger partial charge is 0.306 e. The van der Waals surface area contributed by atoms with Gasteiger partial charge in [0.25, 0.3) is 0 Å². The zero-order valence-electron chi connectivity index (χ0n) is 51.7. The second-order valence-electron chi connectivity index (χ2n) is 23.1. The third-order valence-electron chi connectivity index (χ3n) is 15.3. The van der Waals surface area contributed by atoms with Crippen LogP contribution in [0.25, 0.3) is 0 Å². The second kappa shape index (κ2) is 65.9. The number of carbonyl (C=O) groups excluding carboxylic acids is 3. The molecular formula is C71H130O6. The molecule has 0 fully saturated rings. The number of hydrogen-bond acceptors (Lipinski definition) is 6. The maximum absolute atomic E-state index is 12.9. The first-order valence-corrected chi connectivity index (χ1v) is 34.1. The van der Waals surface area contributed by atoms with Crippen LogP contribution >= 0.6 is 0 Å². The fourth-order valence-electron chi connectivity index (χ4n) is 10.2. The fraction of sp³-hybridized carbons (Fsp3) is 0.845. The van der Waals surface area contributed by atoms with E-state index in [1.165, 1.54) is 244 Å². The van der Waals surface area contributed by atoms with Crippen LogP contribution in [0.15, 0.2) is 48.6 Å². The molecule has 0 aromatic carbocycles. The SMILES string of the molecule is CCCCCC/C=C\C/C=C\CCCCCCCC(=O)OCC(COC(=O)CCCCCCCCCCCCCCC/C=C\C/C=C\CCCCCCC)OC(=O)CCCCCCCCCCCCCCCCCCCC. The van der Waals surface area contributed by atoms with Crippen molar-refractivity contribution in [2.24, 2.45) is 0 Å². The van der Waals surface area contributed by atoms with E-state index in [0.29, 0.717) is 19.3 Å². The summed E-state index contributed by atoms with van der Waals surface area (Å²) in [6, 6.07) is 0. The van der Waals surface area contributed by atoms with Crippen molar-refractivity contribution in [3.63, 3.8) is 0 Å². The number of carbonyl (C=O) groups is 3. The lowest BCUT2D eigenvalue weighted by atomic mass is 10.0. The molecule has 0 aromatic heterocycles. The highest BCUT2D eigenvalue weighted by Gasteiger charge is 2.19. The van der Waals surface area contributed by atoms with Crippen LogP contribution in [0.1, 0.15) is 367 Å². The zero-order valence-corrected chi connectivity index (χ0v) is 51.7. The van der Waals surface area contributed by atoms with E-state index < -0.39 is 6.10 Å². The van der Waals surface area contributed by atoms with E-state index in [1.54, 1.807) is 0 Å². The van der Waals surface area contributed by atoms with E-state index >= 15 is 0 Å². The molecule has 0 amide bonds. The van der Waals surface area contributed by atoms with E-state index in [2.05, 4.69) is 69.4 Å². The van der Waals surface area contributed by atoms with Gasteiger partial charge in [-0.1, -0.05) is 313 Å². The Morgan fingerprint density at radius 1 is 0.260 bits per heavy atom. The first-order valence-electron chi connectivity index (χ1n) is 34.1. The van der Waals surface area contributed by atoms with Crippen molar-refractivity contribution in [1.29, 1.82) is 0 Å². The van der Waals surface area contributed by atoms with Gasteiger partial charge in [0.1, 0.15) is 13.2 Å². The topological polar surface area (TPSA) is 78.9 Å². The molecule has 77 heavy (non-hydrogen) atoms. The van der Waals surface area contributed by atoms with Gasteiger partial charge in [-0.2, -0.15) is 0 Å². The molecule has 0 bridgehead atoms. The Balaban J connectivity index is 4.30. The van der Waals surface area contributed by atoms with Gasteiger partial charge in [0.15, 0.2) is 6.10 Å². The molecular weight excluding hydrogens is 949 g/mol. The maximum Gasteiger partial charge on any atom is 0.306 e. The van der Waals surface area contributed by atoms with Crippen LogP contribution in [-0.4, -0.2) is 37.2 Å². The Morgan fingerprint density at radius 2 is 0.468 bits per heavy atom.